The zero-order valence-electron chi connectivity index (χ0n) is 13.6. The van der Waals surface area contributed by atoms with Crippen molar-refractivity contribution in [3.05, 3.63) is 59.7 Å². The number of nitrogens with one attached hydrogen (secondary N) is 1. The van der Waals surface area contributed by atoms with Crippen LogP contribution >= 0.6 is 12.2 Å². The summed E-state index contributed by atoms with van der Waals surface area (Å²) in [5.74, 6) is 0. The first kappa shape index (κ1) is 19.3. The van der Waals surface area contributed by atoms with E-state index in [0.717, 1.165) is 17.0 Å². The standard InChI is InChI=1S/C17H13F6N3S/c18-16(19,20)11-5-1-3-7-13(11)25-9-24-15(27)26(10-25)14-8-4-2-6-12(14)17(21,22)23/h1-8H,9-10H2,(H,24,27). The molecule has 0 aromatic heterocycles. The summed E-state index contributed by atoms with van der Waals surface area (Å²) < 4.78 is 79.8. The Balaban J connectivity index is 2.00. The Morgan fingerprint density at radius 3 is 1.81 bits per heavy atom. The number of hydrogen-bond acceptors (Lipinski definition) is 2. The number of halogens is 6. The summed E-state index contributed by atoms with van der Waals surface area (Å²) in [7, 11) is 0. The lowest BCUT2D eigenvalue weighted by Crippen LogP contribution is -2.57. The predicted molar refractivity (Wildman–Crippen MR) is 93.3 cm³/mol. The molecule has 0 aliphatic carbocycles. The molecule has 1 saturated heterocycles. The lowest BCUT2D eigenvalue weighted by Gasteiger charge is -2.40. The van der Waals surface area contributed by atoms with Gasteiger partial charge in [0.2, 0.25) is 0 Å². The highest BCUT2D eigenvalue weighted by Gasteiger charge is 2.38. The monoisotopic (exact) mass is 405 g/mol. The molecule has 27 heavy (non-hydrogen) atoms. The van der Waals surface area contributed by atoms with Crippen LogP contribution in [0.2, 0.25) is 0 Å². The first-order valence-corrected chi connectivity index (χ1v) is 8.12. The highest BCUT2D eigenvalue weighted by atomic mass is 32.1. The fourth-order valence-electron chi connectivity index (χ4n) is 2.83. The summed E-state index contributed by atoms with van der Waals surface area (Å²) in [6.45, 7) is -0.317. The maximum atomic E-state index is 13.3. The van der Waals surface area contributed by atoms with Crippen molar-refractivity contribution in [1.82, 2.24) is 5.32 Å². The van der Waals surface area contributed by atoms with Crippen molar-refractivity contribution in [2.75, 3.05) is 23.1 Å². The summed E-state index contributed by atoms with van der Waals surface area (Å²) in [4.78, 5) is 2.42. The number of alkyl halides is 6. The molecule has 144 valence electrons. The van der Waals surface area contributed by atoms with E-state index in [1.807, 2.05) is 0 Å². The van der Waals surface area contributed by atoms with Crippen molar-refractivity contribution < 1.29 is 26.3 Å². The average molecular weight is 405 g/mol. The molecule has 10 heteroatoms. The first-order valence-electron chi connectivity index (χ1n) is 7.72. The Morgan fingerprint density at radius 2 is 1.26 bits per heavy atom. The van der Waals surface area contributed by atoms with Gasteiger partial charge in [-0.1, -0.05) is 24.3 Å². The number of nitrogens with zero attached hydrogens (tertiary/aromatic N) is 2. The minimum atomic E-state index is -4.63. The second-order valence-corrected chi connectivity index (χ2v) is 6.17. The van der Waals surface area contributed by atoms with Crippen LogP contribution < -0.4 is 15.1 Å². The number of rotatable bonds is 2. The van der Waals surface area contributed by atoms with Crippen molar-refractivity contribution in [3.8, 4) is 0 Å². The van der Waals surface area contributed by atoms with E-state index in [1.165, 1.54) is 41.3 Å². The molecule has 0 atom stereocenters. The van der Waals surface area contributed by atoms with Gasteiger partial charge in [-0.05, 0) is 36.5 Å². The van der Waals surface area contributed by atoms with Crippen LogP contribution in [0, 0.1) is 0 Å². The number of para-hydroxylation sites is 2. The molecule has 3 nitrogen and oxygen atoms in total. The van der Waals surface area contributed by atoms with E-state index in [4.69, 9.17) is 12.2 Å². The van der Waals surface area contributed by atoms with Crippen LogP contribution in [0.15, 0.2) is 48.5 Å². The molecule has 1 aliphatic rings. The van der Waals surface area contributed by atoms with Crippen LogP contribution in [0.25, 0.3) is 0 Å². The zero-order valence-corrected chi connectivity index (χ0v) is 14.4. The summed E-state index contributed by atoms with van der Waals surface area (Å²) in [5.41, 5.74) is -2.16. The van der Waals surface area contributed by atoms with Gasteiger partial charge in [-0.3, -0.25) is 0 Å². The molecule has 1 heterocycles. The lowest BCUT2D eigenvalue weighted by molar-refractivity contribution is -0.137. The molecule has 0 amide bonds. The van der Waals surface area contributed by atoms with Crippen LogP contribution in [0.3, 0.4) is 0 Å². The molecule has 0 unspecified atom stereocenters. The first-order chi connectivity index (χ1) is 12.6. The molecule has 1 N–H and O–H groups in total. The fraction of sp³-hybridized carbons (Fsp3) is 0.235. The van der Waals surface area contributed by atoms with E-state index < -0.39 is 23.5 Å². The van der Waals surface area contributed by atoms with Gasteiger partial charge >= 0.3 is 12.4 Å². The van der Waals surface area contributed by atoms with E-state index >= 15 is 0 Å². The Bertz CT molecular complexity index is 849. The number of anilines is 2. The van der Waals surface area contributed by atoms with E-state index in [9.17, 15) is 26.3 Å². The Hall–Kier alpha value is -2.49. The Kier molecular flexibility index (Phi) is 4.94. The van der Waals surface area contributed by atoms with Gasteiger partial charge in [-0.25, -0.2) is 0 Å². The van der Waals surface area contributed by atoms with Crippen molar-refractivity contribution >= 4 is 28.7 Å². The number of benzene rings is 2. The topological polar surface area (TPSA) is 18.5 Å². The summed E-state index contributed by atoms with van der Waals surface area (Å²) >= 11 is 5.10. The summed E-state index contributed by atoms with van der Waals surface area (Å²) in [6.07, 6.45) is -9.22. The van der Waals surface area contributed by atoms with Gasteiger partial charge < -0.3 is 15.1 Å². The summed E-state index contributed by atoms with van der Waals surface area (Å²) in [6, 6.07) is 9.68. The third kappa shape index (κ3) is 3.95. The molecular weight excluding hydrogens is 392 g/mol. The quantitative estimate of drug-likeness (QED) is 0.569. The van der Waals surface area contributed by atoms with Crippen LogP contribution in [0.4, 0.5) is 37.7 Å². The molecule has 2 aromatic carbocycles. The second-order valence-electron chi connectivity index (χ2n) is 5.78. The number of thiocarbonyl (C=S) groups is 1. The van der Waals surface area contributed by atoms with Gasteiger partial charge in [0.05, 0.1) is 35.8 Å². The SMILES string of the molecule is FC(F)(F)c1ccccc1N1CNC(=S)N(c2ccccc2C(F)(F)F)C1. The normalized spacial score (nSPS) is 15.7. The van der Waals surface area contributed by atoms with Crippen LogP contribution in [0.5, 0.6) is 0 Å². The Labute approximate surface area is 156 Å². The number of hydrogen-bond donors (Lipinski definition) is 1. The van der Waals surface area contributed by atoms with E-state index in [0.29, 0.717) is 0 Å². The van der Waals surface area contributed by atoms with Gasteiger partial charge in [-0.15, -0.1) is 0 Å². The third-order valence-corrected chi connectivity index (χ3v) is 4.39. The highest BCUT2D eigenvalue weighted by Crippen LogP contribution is 2.39. The van der Waals surface area contributed by atoms with E-state index in [1.54, 1.807) is 0 Å². The average Bonchev–Trinajstić information content (AvgIpc) is 2.61. The second kappa shape index (κ2) is 6.91. The van der Waals surface area contributed by atoms with E-state index in [2.05, 4.69) is 5.32 Å². The van der Waals surface area contributed by atoms with Crippen LogP contribution in [0.1, 0.15) is 11.1 Å². The maximum Gasteiger partial charge on any atom is 0.418 e. The minimum absolute atomic E-state index is 0.00689. The van der Waals surface area contributed by atoms with Gasteiger partial charge in [0.25, 0.3) is 0 Å². The van der Waals surface area contributed by atoms with Gasteiger partial charge in [0.15, 0.2) is 5.11 Å². The van der Waals surface area contributed by atoms with Crippen LogP contribution in [-0.4, -0.2) is 18.4 Å². The molecule has 1 aliphatic heterocycles. The zero-order chi connectivity index (χ0) is 19.8. The minimum Gasteiger partial charge on any atom is -0.345 e. The Morgan fingerprint density at radius 1 is 0.778 bits per heavy atom. The van der Waals surface area contributed by atoms with Gasteiger partial charge in [-0.2, -0.15) is 26.3 Å². The van der Waals surface area contributed by atoms with Crippen molar-refractivity contribution in [2.24, 2.45) is 0 Å². The van der Waals surface area contributed by atoms with Crippen molar-refractivity contribution in [3.63, 3.8) is 0 Å². The predicted octanol–water partition coefficient (Wildman–Crippen LogP) is 4.84. The van der Waals surface area contributed by atoms with E-state index in [-0.39, 0.29) is 29.8 Å². The smallest absolute Gasteiger partial charge is 0.345 e. The molecule has 0 spiro atoms. The molecule has 0 radical (unpaired) electrons. The molecular formula is C17H13F6N3S. The largest absolute Gasteiger partial charge is 0.418 e. The maximum absolute atomic E-state index is 13.3. The molecule has 0 saturated carbocycles. The van der Waals surface area contributed by atoms with Crippen molar-refractivity contribution in [1.29, 1.82) is 0 Å². The third-order valence-electron chi connectivity index (χ3n) is 4.03. The van der Waals surface area contributed by atoms with Crippen LogP contribution in [-0.2, 0) is 12.4 Å². The van der Waals surface area contributed by atoms with Crippen molar-refractivity contribution in [2.45, 2.75) is 12.4 Å². The van der Waals surface area contributed by atoms with Gasteiger partial charge in [0.1, 0.15) is 0 Å². The summed E-state index contributed by atoms with van der Waals surface area (Å²) in [5, 5.41) is 2.69. The van der Waals surface area contributed by atoms with Gasteiger partial charge in [0, 0.05) is 0 Å². The molecule has 1 fully saturated rings. The molecule has 2 aromatic rings. The fourth-order valence-corrected chi connectivity index (χ4v) is 3.05. The highest BCUT2D eigenvalue weighted by molar-refractivity contribution is 7.80. The molecule has 3 rings (SSSR count). The lowest BCUT2D eigenvalue weighted by atomic mass is 10.1. The molecule has 0 bridgehead atoms.